The summed E-state index contributed by atoms with van der Waals surface area (Å²) in [5.74, 6) is -14.7. The van der Waals surface area contributed by atoms with E-state index in [0.29, 0.717) is 0 Å². The van der Waals surface area contributed by atoms with Gasteiger partial charge in [-0.2, -0.15) is 43.9 Å². The first kappa shape index (κ1) is 25.0. The maximum absolute atomic E-state index is 12.9. The van der Waals surface area contributed by atoms with Gasteiger partial charge in [-0.05, 0) is 13.8 Å². The molecule has 0 aliphatic heterocycles. The minimum absolute atomic E-state index is 0.183. The van der Waals surface area contributed by atoms with E-state index in [9.17, 15) is 53.5 Å². The van der Waals surface area contributed by atoms with Crippen LogP contribution in [0.5, 0.6) is 0 Å². The highest BCUT2D eigenvalue weighted by atomic mass is 19.4. The molecule has 0 radical (unpaired) electrons. The van der Waals surface area contributed by atoms with Crippen LogP contribution in [0, 0.1) is 0 Å². The highest BCUT2D eigenvalue weighted by molar-refractivity contribution is 5.93. The van der Waals surface area contributed by atoms with Crippen molar-refractivity contribution in [3.05, 3.63) is 12.2 Å². The topological polar surface area (TPSA) is 52.6 Å². The molecular weight excluding hydrogens is 410 g/mol. The lowest BCUT2D eigenvalue weighted by atomic mass is 10.1. The smallest absolute Gasteiger partial charge is 0.456 e. The lowest BCUT2D eigenvalue weighted by Crippen LogP contribution is -2.48. The summed E-state index contributed by atoms with van der Waals surface area (Å²) in [5.41, 5.74) is -1.10. The van der Waals surface area contributed by atoms with Crippen molar-refractivity contribution in [1.82, 2.24) is 0 Å². The van der Waals surface area contributed by atoms with Crippen LogP contribution in [-0.4, -0.2) is 48.3 Å². The van der Waals surface area contributed by atoms with Crippen molar-refractivity contribution in [2.24, 2.45) is 0 Å². The van der Waals surface area contributed by atoms with E-state index in [1.165, 1.54) is 0 Å². The maximum atomic E-state index is 12.9. The van der Waals surface area contributed by atoms with Crippen LogP contribution in [0.15, 0.2) is 12.2 Å². The molecule has 0 saturated carbocycles. The fraction of sp³-hybridized carbons (Fsp3) is 0.692. The number of alkyl halides is 10. The second kappa shape index (κ2) is 7.92. The van der Waals surface area contributed by atoms with Crippen LogP contribution < -0.4 is 0 Å². The largest absolute Gasteiger partial charge is 0.457 e. The van der Waals surface area contributed by atoms with Crippen molar-refractivity contribution in [2.45, 2.75) is 56.7 Å². The summed E-state index contributed by atoms with van der Waals surface area (Å²) in [4.78, 5) is 22.6. The SMILES string of the molecule is C=C(CC(=O)OC(C)C(F)(F)C(F)(F)F)C(=O)OC(C)C(F)(F)C(F)(F)F. The minimum atomic E-state index is -6.06. The standard InChI is InChI=1S/C13H12F10O4/c1-5(9(25)27-7(3)11(16,17)13(21,22)23)4-8(24)26-6(2)10(14,15)12(18,19)20/h6-7H,1,4H2,2-3H3. The number of ether oxygens (including phenoxy) is 2. The Morgan fingerprint density at radius 1 is 0.778 bits per heavy atom. The number of hydrogen-bond donors (Lipinski definition) is 0. The molecular formula is C13H12F10O4. The van der Waals surface area contributed by atoms with Crippen LogP contribution in [0.1, 0.15) is 20.3 Å². The monoisotopic (exact) mass is 422 g/mol. The van der Waals surface area contributed by atoms with Crippen molar-refractivity contribution in [3.63, 3.8) is 0 Å². The van der Waals surface area contributed by atoms with E-state index in [4.69, 9.17) is 0 Å². The number of halogens is 10. The van der Waals surface area contributed by atoms with Crippen LogP contribution in [0.3, 0.4) is 0 Å². The lowest BCUT2D eigenvalue weighted by Gasteiger charge is -2.26. The average molecular weight is 422 g/mol. The summed E-state index contributed by atoms with van der Waals surface area (Å²) >= 11 is 0. The molecule has 0 aromatic rings. The zero-order valence-electron chi connectivity index (χ0n) is 13.5. The van der Waals surface area contributed by atoms with E-state index in [0.717, 1.165) is 0 Å². The second-order valence-corrected chi connectivity index (χ2v) is 5.20. The molecule has 2 atom stereocenters. The van der Waals surface area contributed by atoms with Crippen LogP contribution in [0.2, 0.25) is 0 Å². The molecule has 158 valence electrons. The van der Waals surface area contributed by atoms with Gasteiger partial charge in [0.05, 0.1) is 6.42 Å². The zero-order valence-corrected chi connectivity index (χ0v) is 13.5. The molecule has 0 amide bonds. The molecule has 14 heteroatoms. The zero-order chi connectivity index (χ0) is 22.0. The number of rotatable bonds is 7. The van der Waals surface area contributed by atoms with Crippen LogP contribution in [-0.2, 0) is 19.1 Å². The molecule has 0 rings (SSSR count). The van der Waals surface area contributed by atoms with Gasteiger partial charge in [0.1, 0.15) is 0 Å². The van der Waals surface area contributed by atoms with Gasteiger partial charge in [0.15, 0.2) is 12.2 Å². The van der Waals surface area contributed by atoms with Crippen molar-refractivity contribution >= 4 is 11.9 Å². The van der Waals surface area contributed by atoms with Gasteiger partial charge in [0.2, 0.25) is 0 Å². The Kier molecular flexibility index (Phi) is 7.33. The highest BCUT2D eigenvalue weighted by Crippen LogP contribution is 2.40. The first-order valence-corrected chi connectivity index (χ1v) is 6.72. The van der Waals surface area contributed by atoms with E-state index in [2.05, 4.69) is 16.1 Å². The number of carbonyl (C=O) groups excluding carboxylic acids is 2. The molecule has 27 heavy (non-hydrogen) atoms. The van der Waals surface area contributed by atoms with E-state index in [1.54, 1.807) is 0 Å². The Morgan fingerprint density at radius 2 is 1.11 bits per heavy atom. The normalized spacial score (nSPS) is 15.7. The first-order chi connectivity index (χ1) is 11.7. The molecule has 0 N–H and O–H groups in total. The van der Waals surface area contributed by atoms with E-state index in [1.807, 2.05) is 0 Å². The van der Waals surface area contributed by atoms with E-state index < -0.39 is 60.3 Å². The molecule has 0 saturated heterocycles. The van der Waals surface area contributed by atoms with E-state index in [-0.39, 0.29) is 13.8 Å². The van der Waals surface area contributed by atoms with Gasteiger partial charge in [-0.3, -0.25) is 4.79 Å². The van der Waals surface area contributed by atoms with E-state index >= 15 is 0 Å². The predicted octanol–water partition coefficient (Wildman–Crippen LogP) is 4.19. The average Bonchev–Trinajstić information content (AvgIpc) is 2.43. The van der Waals surface area contributed by atoms with Gasteiger partial charge in [-0.15, -0.1) is 0 Å². The summed E-state index contributed by atoms with van der Waals surface area (Å²) in [7, 11) is 0. The molecule has 0 heterocycles. The van der Waals surface area contributed by atoms with Gasteiger partial charge < -0.3 is 9.47 Å². The number of esters is 2. The lowest BCUT2D eigenvalue weighted by molar-refractivity contribution is -0.312. The molecule has 0 aliphatic carbocycles. The van der Waals surface area contributed by atoms with Crippen LogP contribution in [0.25, 0.3) is 0 Å². The minimum Gasteiger partial charge on any atom is -0.456 e. The number of carbonyl (C=O) groups is 2. The van der Waals surface area contributed by atoms with Gasteiger partial charge in [0, 0.05) is 5.57 Å². The Bertz CT molecular complexity index is 579. The first-order valence-electron chi connectivity index (χ1n) is 6.72. The van der Waals surface area contributed by atoms with Crippen molar-refractivity contribution in [2.75, 3.05) is 0 Å². The third-order valence-corrected chi connectivity index (χ3v) is 3.02. The molecule has 0 aliphatic rings. The Morgan fingerprint density at radius 3 is 1.44 bits per heavy atom. The number of hydrogen-bond acceptors (Lipinski definition) is 4. The third kappa shape index (κ3) is 5.99. The second-order valence-electron chi connectivity index (χ2n) is 5.20. The predicted molar refractivity (Wildman–Crippen MR) is 66.9 cm³/mol. The molecule has 0 aromatic carbocycles. The van der Waals surface area contributed by atoms with Crippen molar-refractivity contribution in [3.8, 4) is 0 Å². The van der Waals surface area contributed by atoms with Crippen LogP contribution >= 0.6 is 0 Å². The molecule has 0 spiro atoms. The maximum Gasteiger partial charge on any atom is 0.457 e. The molecule has 0 bridgehead atoms. The summed E-state index contributed by atoms with van der Waals surface area (Å²) in [6, 6.07) is 0. The van der Waals surface area contributed by atoms with Gasteiger partial charge in [-0.1, -0.05) is 6.58 Å². The highest BCUT2D eigenvalue weighted by Gasteiger charge is 2.63. The third-order valence-electron chi connectivity index (χ3n) is 3.02. The van der Waals surface area contributed by atoms with Crippen molar-refractivity contribution < 1.29 is 63.0 Å². The van der Waals surface area contributed by atoms with Gasteiger partial charge in [0.25, 0.3) is 0 Å². The molecule has 2 unspecified atom stereocenters. The van der Waals surface area contributed by atoms with Crippen LogP contribution in [0.4, 0.5) is 43.9 Å². The summed E-state index contributed by atoms with van der Waals surface area (Å²) in [5, 5.41) is 0. The summed E-state index contributed by atoms with van der Waals surface area (Å²) in [6.07, 6.45) is -19.6. The molecule has 0 fully saturated rings. The molecule has 4 nitrogen and oxygen atoms in total. The Labute approximate surface area is 145 Å². The quantitative estimate of drug-likeness (QED) is 0.351. The molecule has 0 aromatic heterocycles. The fourth-order valence-corrected chi connectivity index (χ4v) is 1.34. The Hall–Kier alpha value is -2.02. The summed E-state index contributed by atoms with van der Waals surface area (Å²) < 4.78 is 132. The van der Waals surface area contributed by atoms with Gasteiger partial charge in [-0.25, -0.2) is 4.79 Å². The van der Waals surface area contributed by atoms with Crippen molar-refractivity contribution in [1.29, 1.82) is 0 Å². The summed E-state index contributed by atoms with van der Waals surface area (Å²) in [6.45, 7) is 3.18. The fourth-order valence-electron chi connectivity index (χ4n) is 1.34. The van der Waals surface area contributed by atoms with Gasteiger partial charge >= 0.3 is 36.1 Å². The Balaban J connectivity index is 4.87.